The van der Waals surface area contributed by atoms with E-state index in [0.29, 0.717) is 17.2 Å². The summed E-state index contributed by atoms with van der Waals surface area (Å²) >= 11 is 4.49. The maximum atomic E-state index is 12.4. The molecule has 2 aromatic rings. The van der Waals surface area contributed by atoms with E-state index in [1.165, 1.54) is 14.2 Å². The third-order valence-electron chi connectivity index (χ3n) is 2.70. The highest BCUT2D eigenvalue weighted by Crippen LogP contribution is 2.33. The van der Waals surface area contributed by atoms with E-state index in [4.69, 9.17) is 9.47 Å². The van der Waals surface area contributed by atoms with Crippen molar-refractivity contribution in [2.45, 2.75) is 11.1 Å². The molecule has 0 unspecified atom stereocenters. The third kappa shape index (κ3) is 3.69. The van der Waals surface area contributed by atoms with Gasteiger partial charge >= 0.3 is 0 Å². The van der Waals surface area contributed by atoms with Gasteiger partial charge in [0.05, 0.1) is 23.7 Å². The minimum Gasteiger partial charge on any atom is -0.497 e. The molecule has 2 rings (SSSR count). The molecule has 0 spiro atoms. The highest BCUT2D eigenvalue weighted by molar-refractivity contribution is 9.11. The van der Waals surface area contributed by atoms with Crippen LogP contribution < -0.4 is 14.2 Å². The first-order valence-electron chi connectivity index (χ1n) is 5.87. The quantitative estimate of drug-likeness (QED) is 0.844. The van der Waals surface area contributed by atoms with E-state index in [2.05, 4.69) is 20.7 Å². The molecule has 8 heteroatoms. The van der Waals surface area contributed by atoms with Crippen LogP contribution in [-0.4, -0.2) is 22.6 Å². The van der Waals surface area contributed by atoms with E-state index in [-0.39, 0.29) is 4.21 Å². The largest absolute Gasteiger partial charge is 0.497 e. The van der Waals surface area contributed by atoms with Crippen molar-refractivity contribution in [2.75, 3.05) is 18.9 Å². The number of nitrogens with one attached hydrogen (secondary N) is 1. The highest BCUT2D eigenvalue weighted by Gasteiger charge is 2.19. The number of halogens is 1. The number of aryl methyl sites for hydroxylation is 1. The second kappa shape index (κ2) is 6.25. The fourth-order valence-electron chi connectivity index (χ4n) is 1.64. The second-order valence-corrected chi connectivity index (χ2v) is 8.51. The van der Waals surface area contributed by atoms with Crippen LogP contribution in [0.25, 0.3) is 0 Å². The standard InChI is InChI=1S/C13H14BrNO4S2/c1-8-4-12(20-13(8)14)21(16,17)15-9-5-10(18-2)7-11(6-9)19-3/h4-7,15H,1-3H3. The molecule has 0 bridgehead atoms. The van der Waals surface area contributed by atoms with Crippen LogP contribution in [0.15, 0.2) is 32.3 Å². The van der Waals surface area contributed by atoms with E-state index in [9.17, 15) is 8.42 Å². The van der Waals surface area contributed by atoms with Crippen LogP contribution >= 0.6 is 27.3 Å². The predicted molar refractivity (Wildman–Crippen MR) is 87.1 cm³/mol. The second-order valence-electron chi connectivity index (χ2n) is 4.23. The molecule has 5 nitrogen and oxygen atoms in total. The lowest BCUT2D eigenvalue weighted by atomic mass is 10.3. The summed E-state index contributed by atoms with van der Waals surface area (Å²) in [6.07, 6.45) is 0. The number of benzene rings is 1. The van der Waals surface area contributed by atoms with Gasteiger partial charge in [0.15, 0.2) is 0 Å². The van der Waals surface area contributed by atoms with E-state index in [1.54, 1.807) is 24.3 Å². The van der Waals surface area contributed by atoms with Gasteiger partial charge in [0, 0.05) is 18.2 Å². The molecule has 114 valence electrons. The van der Waals surface area contributed by atoms with E-state index < -0.39 is 10.0 Å². The van der Waals surface area contributed by atoms with E-state index >= 15 is 0 Å². The van der Waals surface area contributed by atoms with Crippen LogP contribution in [0.5, 0.6) is 11.5 Å². The van der Waals surface area contributed by atoms with Crippen LogP contribution in [-0.2, 0) is 10.0 Å². The summed E-state index contributed by atoms with van der Waals surface area (Å²) in [4.78, 5) is 0. The zero-order chi connectivity index (χ0) is 15.6. The van der Waals surface area contributed by atoms with Crippen molar-refractivity contribution in [3.8, 4) is 11.5 Å². The van der Waals surface area contributed by atoms with Crippen LogP contribution in [0, 0.1) is 6.92 Å². The molecule has 0 fully saturated rings. The maximum absolute atomic E-state index is 12.4. The van der Waals surface area contributed by atoms with Crippen LogP contribution in [0.3, 0.4) is 0 Å². The molecule has 0 aliphatic rings. The molecule has 0 saturated carbocycles. The molecule has 0 saturated heterocycles. The molecule has 0 amide bonds. The van der Waals surface area contributed by atoms with Gasteiger partial charge < -0.3 is 9.47 Å². The summed E-state index contributed by atoms with van der Waals surface area (Å²) < 4.78 is 38.5. The number of ether oxygens (including phenoxy) is 2. The summed E-state index contributed by atoms with van der Waals surface area (Å²) in [5.74, 6) is 1.02. The maximum Gasteiger partial charge on any atom is 0.271 e. The minimum absolute atomic E-state index is 0.244. The molecule has 0 radical (unpaired) electrons. The molecule has 0 atom stereocenters. The van der Waals surface area contributed by atoms with Crippen molar-refractivity contribution >= 4 is 43.0 Å². The Hall–Kier alpha value is -1.25. The molecule has 1 aromatic heterocycles. The summed E-state index contributed by atoms with van der Waals surface area (Å²) in [6.45, 7) is 1.84. The van der Waals surface area contributed by atoms with Gasteiger partial charge in [0.25, 0.3) is 10.0 Å². The smallest absolute Gasteiger partial charge is 0.271 e. The van der Waals surface area contributed by atoms with E-state index in [0.717, 1.165) is 20.7 Å². The Kier molecular flexibility index (Phi) is 4.80. The Morgan fingerprint density at radius 3 is 2.10 bits per heavy atom. The Morgan fingerprint density at radius 2 is 1.67 bits per heavy atom. The van der Waals surface area contributed by atoms with Gasteiger partial charge in [-0.1, -0.05) is 0 Å². The van der Waals surface area contributed by atoms with Crippen LogP contribution in [0.1, 0.15) is 5.56 Å². The van der Waals surface area contributed by atoms with Crippen LogP contribution in [0.2, 0.25) is 0 Å². The molecule has 0 aliphatic carbocycles. The summed E-state index contributed by atoms with van der Waals surface area (Å²) in [5, 5.41) is 0. The Bertz CT molecular complexity index is 714. The fourth-order valence-corrected chi connectivity index (χ4v) is 4.90. The lowest BCUT2D eigenvalue weighted by Gasteiger charge is -2.10. The van der Waals surface area contributed by atoms with Crippen molar-refractivity contribution in [3.63, 3.8) is 0 Å². The van der Waals surface area contributed by atoms with Crippen molar-refractivity contribution in [1.29, 1.82) is 0 Å². The Morgan fingerprint density at radius 1 is 1.10 bits per heavy atom. The number of methoxy groups -OCH3 is 2. The SMILES string of the molecule is COc1cc(NS(=O)(=O)c2cc(C)c(Br)s2)cc(OC)c1. The monoisotopic (exact) mass is 391 g/mol. The number of anilines is 1. The summed E-state index contributed by atoms with van der Waals surface area (Å²) in [6, 6.07) is 6.48. The van der Waals surface area contributed by atoms with Gasteiger partial charge in [0.1, 0.15) is 15.7 Å². The van der Waals surface area contributed by atoms with Gasteiger partial charge in [-0.05, 0) is 34.5 Å². The summed E-state index contributed by atoms with van der Waals surface area (Å²) in [7, 11) is -0.624. The minimum atomic E-state index is -3.64. The first kappa shape index (κ1) is 16.1. The molecule has 1 aromatic carbocycles. The average molecular weight is 392 g/mol. The van der Waals surface area contributed by atoms with Crippen LogP contribution in [0.4, 0.5) is 5.69 Å². The molecule has 0 aliphatic heterocycles. The van der Waals surface area contributed by atoms with Gasteiger partial charge in [0.2, 0.25) is 0 Å². The van der Waals surface area contributed by atoms with Crippen molar-refractivity contribution in [2.24, 2.45) is 0 Å². The van der Waals surface area contributed by atoms with E-state index in [1.807, 2.05) is 6.92 Å². The van der Waals surface area contributed by atoms with Gasteiger partial charge in [-0.25, -0.2) is 8.42 Å². The molecule has 1 N–H and O–H groups in total. The van der Waals surface area contributed by atoms with Gasteiger partial charge in [-0.3, -0.25) is 4.72 Å². The predicted octanol–water partition coefficient (Wildman–Crippen LogP) is 3.64. The number of rotatable bonds is 5. The molecule has 1 heterocycles. The van der Waals surface area contributed by atoms with Gasteiger partial charge in [-0.2, -0.15) is 0 Å². The Labute approximate surface area is 136 Å². The topological polar surface area (TPSA) is 64.6 Å². The first-order valence-corrected chi connectivity index (χ1v) is 8.97. The number of hydrogen-bond acceptors (Lipinski definition) is 5. The summed E-state index contributed by atoms with van der Waals surface area (Å²) in [5.41, 5.74) is 1.26. The zero-order valence-corrected chi connectivity index (χ0v) is 14.9. The van der Waals surface area contributed by atoms with Crippen molar-refractivity contribution in [1.82, 2.24) is 0 Å². The van der Waals surface area contributed by atoms with Crippen molar-refractivity contribution in [3.05, 3.63) is 33.6 Å². The van der Waals surface area contributed by atoms with Gasteiger partial charge in [-0.15, -0.1) is 11.3 Å². The lowest BCUT2D eigenvalue weighted by molar-refractivity contribution is 0.395. The number of hydrogen-bond donors (Lipinski definition) is 1. The third-order valence-corrected chi connectivity index (χ3v) is 6.69. The average Bonchev–Trinajstić information content (AvgIpc) is 2.78. The highest BCUT2D eigenvalue weighted by atomic mass is 79.9. The molecular weight excluding hydrogens is 378 g/mol. The number of thiophene rings is 1. The van der Waals surface area contributed by atoms with Crippen molar-refractivity contribution < 1.29 is 17.9 Å². The zero-order valence-electron chi connectivity index (χ0n) is 11.6. The lowest BCUT2D eigenvalue weighted by Crippen LogP contribution is -2.11. The fraction of sp³-hybridized carbons (Fsp3) is 0.231. The Balaban J connectivity index is 2.36. The number of sulfonamides is 1. The normalized spacial score (nSPS) is 11.2. The first-order chi connectivity index (χ1) is 9.85. The molecular formula is C13H14BrNO4S2. The molecule has 21 heavy (non-hydrogen) atoms.